The average Bonchev–Trinajstić information content (AvgIpc) is 3.58. The summed E-state index contributed by atoms with van der Waals surface area (Å²) in [6, 6.07) is 7.10. The van der Waals surface area contributed by atoms with Crippen LogP contribution in [-0.2, 0) is 20.8 Å². The largest absolute Gasteiger partial charge is 0.481 e. The van der Waals surface area contributed by atoms with Crippen molar-refractivity contribution in [1.82, 2.24) is 15.5 Å². The summed E-state index contributed by atoms with van der Waals surface area (Å²) in [5.74, 6) is -0.00734. The molecule has 11 nitrogen and oxygen atoms in total. The van der Waals surface area contributed by atoms with Crippen LogP contribution < -0.4 is 20.1 Å². The monoisotopic (exact) mass is 549 g/mol. The van der Waals surface area contributed by atoms with Gasteiger partial charge < -0.3 is 39.6 Å². The topological polar surface area (TPSA) is 136 Å². The molecule has 0 spiro atoms. The Labute approximate surface area is 226 Å². The van der Waals surface area contributed by atoms with Gasteiger partial charge in [-0.15, -0.1) is 11.3 Å². The van der Waals surface area contributed by atoms with Crippen LogP contribution in [0.1, 0.15) is 49.1 Å². The number of rotatable bonds is 15. The van der Waals surface area contributed by atoms with Crippen LogP contribution in [0.2, 0.25) is 0 Å². The average molecular weight is 550 g/mol. The Kier molecular flexibility index (Phi) is 11.5. The fourth-order valence-corrected chi connectivity index (χ4v) is 4.60. The molecule has 2 heterocycles. The molecule has 1 aliphatic heterocycles. The van der Waals surface area contributed by atoms with Crippen LogP contribution in [0.15, 0.2) is 35.7 Å². The van der Waals surface area contributed by atoms with Crippen molar-refractivity contribution in [3.05, 3.63) is 46.2 Å². The minimum atomic E-state index is -1.06. The van der Waals surface area contributed by atoms with Gasteiger partial charge >= 0.3 is 18.1 Å². The van der Waals surface area contributed by atoms with E-state index in [0.29, 0.717) is 43.2 Å². The molecule has 2 atom stereocenters. The third-order valence-electron chi connectivity index (χ3n) is 5.88. The van der Waals surface area contributed by atoms with Gasteiger partial charge in [0, 0.05) is 18.5 Å². The molecule has 0 saturated heterocycles. The number of nitrogens with zero attached hydrogens (tertiary/aromatic N) is 1. The Morgan fingerprint density at radius 2 is 2.00 bits per heavy atom. The number of urea groups is 1. The van der Waals surface area contributed by atoms with Crippen molar-refractivity contribution in [2.75, 3.05) is 33.7 Å². The standard InChI is InChI=1S/C26H35N3O8S/c1-3-4-6-19(16-35-26(33)29(10-11-34-2)15-20-7-5-12-38-20)27-25(32)28-21(14-24(30)31)18-8-9-22-23(13-18)37-17-36-22/h5,7-9,12-13,19,21H,3-4,6,10-11,14-17H2,1-2H3,(H,30,31)(H2,27,28,32)/t19-,21-/m0/s1. The van der Waals surface area contributed by atoms with E-state index in [4.69, 9.17) is 18.9 Å². The molecular formula is C26H35N3O8S. The van der Waals surface area contributed by atoms with Gasteiger partial charge in [0.2, 0.25) is 6.79 Å². The first-order valence-corrected chi connectivity index (χ1v) is 13.4. The van der Waals surface area contributed by atoms with E-state index in [1.807, 2.05) is 24.4 Å². The van der Waals surface area contributed by atoms with Crippen molar-refractivity contribution in [2.45, 2.75) is 51.2 Å². The van der Waals surface area contributed by atoms with E-state index in [0.717, 1.165) is 17.7 Å². The first-order chi connectivity index (χ1) is 18.4. The predicted octanol–water partition coefficient (Wildman–Crippen LogP) is 4.14. The van der Waals surface area contributed by atoms with Gasteiger partial charge in [-0.25, -0.2) is 9.59 Å². The second kappa shape index (κ2) is 15.0. The molecule has 3 rings (SSSR count). The minimum absolute atomic E-state index is 0.0200. The van der Waals surface area contributed by atoms with Crippen molar-refractivity contribution in [3.63, 3.8) is 0 Å². The molecule has 38 heavy (non-hydrogen) atoms. The second-order valence-electron chi connectivity index (χ2n) is 8.79. The lowest BCUT2D eigenvalue weighted by molar-refractivity contribution is -0.137. The lowest BCUT2D eigenvalue weighted by Gasteiger charge is -2.25. The maximum atomic E-state index is 12.9. The number of hydrogen-bond acceptors (Lipinski definition) is 8. The molecule has 0 radical (unpaired) electrons. The number of thiophene rings is 1. The predicted molar refractivity (Wildman–Crippen MR) is 140 cm³/mol. The van der Waals surface area contributed by atoms with Gasteiger partial charge in [-0.2, -0.15) is 0 Å². The molecule has 0 saturated carbocycles. The Balaban J connectivity index is 1.61. The molecule has 0 unspecified atom stereocenters. The first kappa shape index (κ1) is 29.1. The van der Waals surface area contributed by atoms with Crippen molar-refractivity contribution >= 4 is 29.4 Å². The normalized spacial score (nSPS) is 13.4. The number of carboxylic acid groups (broad SMARTS) is 1. The third kappa shape index (κ3) is 9.10. The van der Waals surface area contributed by atoms with Gasteiger partial charge in [-0.3, -0.25) is 4.79 Å². The Hall–Kier alpha value is -3.51. The van der Waals surface area contributed by atoms with E-state index in [9.17, 15) is 19.5 Å². The molecule has 2 aromatic rings. The molecule has 0 bridgehead atoms. The number of fused-ring (bicyclic) bond motifs is 1. The number of ether oxygens (including phenoxy) is 4. The van der Waals surface area contributed by atoms with E-state index in [2.05, 4.69) is 10.6 Å². The Morgan fingerprint density at radius 1 is 1.18 bits per heavy atom. The lowest BCUT2D eigenvalue weighted by atomic mass is 10.0. The molecule has 12 heteroatoms. The van der Waals surface area contributed by atoms with Crippen LogP contribution in [0.4, 0.5) is 9.59 Å². The molecule has 208 valence electrons. The number of carbonyl (C=O) groups excluding carboxylic acids is 2. The second-order valence-corrected chi connectivity index (χ2v) is 9.82. The van der Waals surface area contributed by atoms with Crippen LogP contribution in [0, 0.1) is 0 Å². The number of unbranched alkanes of at least 4 members (excludes halogenated alkanes) is 1. The fourth-order valence-electron chi connectivity index (χ4n) is 3.88. The van der Waals surface area contributed by atoms with Crippen molar-refractivity contribution in [2.24, 2.45) is 0 Å². The summed E-state index contributed by atoms with van der Waals surface area (Å²) in [5.41, 5.74) is 0.575. The molecule has 1 aromatic heterocycles. The highest BCUT2D eigenvalue weighted by atomic mass is 32.1. The van der Waals surface area contributed by atoms with E-state index in [1.165, 1.54) is 0 Å². The van der Waals surface area contributed by atoms with Crippen molar-refractivity contribution in [3.8, 4) is 11.5 Å². The van der Waals surface area contributed by atoms with E-state index < -0.39 is 30.2 Å². The van der Waals surface area contributed by atoms with Gasteiger partial charge in [0.1, 0.15) is 6.61 Å². The molecule has 1 aliphatic rings. The van der Waals surface area contributed by atoms with Crippen LogP contribution >= 0.6 is 11.3 Å². The fraction of sp³-hybridized carbons (Fsp3) is 0.500. The molecule has 1 aromatic carbocycles. The third-order valence-corrected chi connectivity index (χ3v) is 6.74. The molecule has 0 aliphatic carbocycles. The minimum Gasteiger partial charge on any atom is -0.481 e. The molecule has 3 amide bonds. The summed E-state index contributed by atoms with van der Waals surface area (Å²) < 4.78 is 21.4. The number of carboxylic acids is 1. The molecule has 3 N–H and O–H groups in total. The SMILES string of the molecule is CCCC[C@@H](COC(=O)N(CCOC)Cc1cccs1)NC(=O)N[C@@H](CC(=O)O)c1ccc2c(c1)OCO2. The maximum Gasteiger partial charge on any atom is 0.410 e. The summed E-state index contributed by atoms with van der Waals surface area (Å²) in [7, 11) is 1.57. The molecular weight excluding hydrogens is 514 g/mol. The summed E-state index contributed by atoms with van der Waals surface area (Å²) >= 11 is 1.55. The summed E-state index contributed by atoms with van der Waals surface area (Å²) in [5, 5.41) is 16.9. The van der Waals surface area contributed by atoms with Crippen LogP contribution in [-0.4, -0.2) is 67.8 Å². The number of aliphatic carboxylic acids is 1. The number of nitrogens with one attached hydrogen (secondary N) is 2. The summed E-state index contributed by atoms with van der Waals surface area (Å²) in [4.78, 5) is 39.8. The van der Waals surface area contributed by atoms with Gasteiger partial charge in [0.25, 0.3) is 0 Å². The summed E-state index contributed by atoms with van der Waals surface area (Å²) in [6.07, 6.45) is 1.48. The Morgan fingerprint density at radius 3 is 2.71 bits per heavy atom. The lowest BCUT2D eigenvalue weighted by Crippen LogP contribution is -2.46. The van der Waals surface area contributed by atoms with E-state index in [1.54, 1.807) is 41.5 Å². The van der Waals surface area contributed by atoms with Gasteiger partial charge in [0.05, 0.1) is 31.7 Å². The van der Waals surface area contributed by atoms with Crippen LogP contribution in [0.5, 0.6) is 11.5 Å². The van der Waals surface area contributed by atoms with Crippen LogP contribution in [0.3, 0.4) is 0 Å². The quantitative estimate of drug-likeness (QED) is 0.302. The zero-order valence-electron chi connectivity index (χ0n) is 21.6. The zero-order valence-corrected chi connectivity index (χ0v) is 22.5. The van der Waals surface area contributed by atoms with E-state index >= 15 is 0 Å². The number of hydrogen-bond donors (Lipinski definition) is 3. The maximum absolute atomic E-state index is 12.9. The van der Waals surface area contributed by atoms with Gasteiger partial charge in [0.15, 0.2) is 11.5 Å². The smallest absolute Gasteiger partial charge is 0.410 e. The molecule has 0 fully saturated rings. The number of benzene rings is 1. The van der Waals surface area contributed by atoms with Crippen LogP contribution in [0.25, 0.3) is 0 Å². The number of carbonyl (C=O) groups is 3. The number of amides is 3. The zero-order chi connectivity index (χ0) is 27.3. The first-order valence-electron chi connectivity index (χ1n) is 12.5. The Bertz CT molecular complexity index is 1050. The number of methoxy groups -OCH3 is 1. The van der Waals surface area contributed by atoms with E-state index in [-0.39, 0.29) is 19.8 Å². The van der Waals surface area contributed by atoms with Crippen molar-refractivity contribution in [1.29, 1.82) is 0 Å². The highest BCUT2D eigenvalue weighted by Crippen LogP contribution is 2.34. The van der Waals surface area contributed by atoms with Gasteiger partial charge in [-0.1, -0.05) is 31.9 Å². The highest BCUT2D eigenvalue weighted by Gasteiger charge is 2.24. The van der Waals surface area contributed by atoms with Crippen molar-refractivity contribution < 1.29 is 38.4 Å². The highest BCUT2D eigenvalue weighted by molar-refractivity contribution is 7.09. The van der Waals surface area contributed by atoms with Gasteiger partial charge in [-0.05, 0) is 35.6 Å². The summed E-state index contributed by atoms with van der Waals surface area (Å²) in [6.45, 7) is 3.23.